The molecule has 0 aromatic heterocycles. The number of rotatable bonds is 25. The van der Waals surface area contributed by atoms with Crippen LogP contribution < -0.4 is 0 Å². The molecule has 1 aromatic rings. The Balaban J connectivity index is 0.000000799. The molecule has 0 amide bonds. The average molecular weight is 599 g/mol. The molecule has 1 rings (SSSR count). The summed E-state index contributed by atoms with van der Waals surface area (Å²) in [5.41, 5.74) is 0.665. The molecule has 1 aromatic carbocycles. The van der Waals surface area contributed by atoms with E-state index >= 15 is 0 Å². The average Bonchev–Trinajstić information content (AvgIpc) is 2.95. The zero-order valence-corrected chi connectivity index (χ0v) is 29.1. The van der Waals surface area contributed by atoms with E-state index in [1.165, 1.54) is 115 Å². The van der Waals surface area contributed by atoms with E-state index in [0.717, 1.165) is 12.8 Å². The molecule has 0 bridgehead atoms. The Labute approximate surface area is 252 Å². The lowest BCUT2D eigenvalue weighted by Crippen LogP contribution is -2.12. The van der Waals surface area contributed by atoms with Crippen LogP contribution in [0.4, 0.5) is 0 Å². The van der Waals surface area contributed by atoms with Crippen molar-refractivity contribution in [2.24, 2.45) is 0 Å². The van der Waals surface area contributed by atoms with Gasteiger partial charge < -0.3 is 4.55 Å². The summed E-state index contributed by atoms with van der Waals surface area (Å²) < 4.78 is 33.6. The van der Waals surface area contributed by atoms with Crippen LogP contribution in [0, 0.1) is 0 Å². The van der Waals surface area contributed by atoms with Crippen molar-refractivity contribution in [3.63, 3.8) is 0 Å². The van der Waals surface area contributed by atoms with Crippen molar-refractivity contribution >= 4 is 17.4 Å². The van der Waals surface area contributed by atoms with Gasteiger partial charge in [-0.25, -0.2) is 8.42 Å². The first kappa shape index (κ1) is 39.6. The van der Waals surface area contributed by atoms with Gasteiger partial charge in [-0.3, -0.25) is 0 Å². The third-order valence-corrected chi connectivity index (χ3v) is 14.2. The number of hydrogen-bond donors (Lipinski definition) is 0. The molecule has 0 aliphatic heterocycles. The second-order valence-electron chi connectivity index (χ2n) is 12.0. The van der Waals surface area contributed by atoms with E-state index in [-0.39, 0.29) is 4.90 Å². The highest BCUT2D eigenvalue weighted by Gasteiger charge is 2.34. The third-order valence-electron chi connectivity index (χ3n) is 8.24. The first-order valence-corrected chi connectivity index (χ1v) is 21.1. The summed E-state index contributed by atoms with van der Waals surface area (Å²) >= 11 is 0. The molecule has 0 aliphatic rings. The summed E-state index contributed by atoms with van der Waals surface area (Å²) in [7, 11) is -4.91. The van der Waals surface area contributed by atoms with Crippen LogP contribution in [0.1, 0.15) is 162 Å². The Morgan fingerprint density at radius 3 is 1.25 bits per heavy atom. The van der Waals surface area contributed by atoms with Gasteiger partial charge in [-0.2, -0.15) is 0 Å². The first-order valence-electron chi connectivity index (χ1n) is 17.2. The lowest BCUT2D eigenvalue weighted by molar-refractivity contribution is 0.461. The quantitative estimate of drug-likeness (QED) is 0.0639. The van der Waals surface area contributed by atoms with Crippen LogP contribution in [0.25, 0.3) is 0 Å². The lowest BCUT2D eigenvalue weighted by Gasteiger charge is -2.28. The van der Waals surface area contributed by atoms with Crippen molar-refractivity contribution in [3.8, 4) is 0 Å². The van der Waals surface area contributed by atoms with Crippen molar-refractivity contribution in [1.29, 1.82) is 0 Å². The van der Waals surface area contributed by atoms with Crippen LogP contribution in [-0.2, 0) is 16.5 Å². The standard InChI is InChI=1S/C19H32O3S.C16H36P/c1-2-3-4-5-6-7-8-9-10-11-12-15-18-16-13-14-17-19(18)23(20,21)22;1-5-9-13-17(14-10-6-2,15-11-7-3)16-12-8-4/h13-14,16-17H,2-12,15H2,1H3,(H,20,21,22);5-16H2,1-4H3/q;+1/p-1. The normalized spacial score (nSPS) is 11.8. The molecule has 0 atom stereocenters. The molecular weight excluding hydrogens is 531 g/mol. The molecule has 0 fully saturated rings. The zero-order valence-electron chi connectivity index (χ0n) is 27.4. The Kier molecular flexibility index (Phi) is 25.9. The molecule has 0 unspecified atom stereocenters. The number of benzene rings is 1. The van der Waals surface area contributed by atoms with Crippen LogP contribution >= 0.6 is 7.26 Å². The topological polar surface area (TPSA) is 57.2 Å². The summed E-state index contributed by atoms with van der Waals surface area (Å²) in [6.07, 6.45) is 32.5. The smallest absolute Gasteiger partial charge is 0.124 e. The molecular formula is C35H67O3PS. The Hall–Kier alpha value is -0.440. The molecule has 3 nitrogen and oxygen atoms in total. The van der Waals surface area contributed by atoms with Crippen LogP contribution in [0.2, 0.25) is 0 Å². The Morgan fingerprint density at radius 1 is 0.525 bits per heavy atom. The fraction of sp³-hybridized carbons (Fsp3) is 0.829. The van der Waals surface area contributed by atoms with Gasteiger partial charge in [0, 0.05) is 7.26 Å². The van der Waals surface area contributed by atoms with E-state index in [1.807, 2.05) is 0 Å². The molecule has 0 heterocycles. The highest BCUT2D eigenvalue weighted by atomic mass is 32.2. The largest absolute Gasteiger partial charge is 0.744 e. The molecule has 236 valence electrons. The maximum atomic E-state index is 11.2. The van der Waals surface area contributed by atoms with Crippen LogP contribution in [0.15, 0.2) is 29.2 Å². The number of aryl methyl sites for hydroxylation is 1. The zero-order chi connectivity index (χ0) is 30.0. The van der Waals surface area contributed by atoms with E-state index in [4.69, 9.17) is 0 Å². The summed E-state index contributed by atoms with van der Waals surface area (Å²) in [5, 5.41) is 0. The number of unbranched alkanes of at least 4 members (excludes halogenated alkanes) is 14. The van der Waals surface area contributed by atoms with Gasteiger partial charge in [0.05, 0.1) is 29.5 Å². The van der Waals surface area contributed by atoms with Crippen LogP contribution in [-0.4, -0.2) is 37.6 Å². The van der Waals surface area contributed by atoms with Gasteiger partial charge in [-0.15, -0.1) is 0 Å². The SMILES string of the molecule is CCCCCCCCCCCCCc1ccccc1S(=O)(=O)[O-].CCCC[P+](CCCC)(CCCC)CCCC. The molecule has 0 saturated heterocycles. The highest BCUT2D eigenvalue weighted by Crippen LogP contribution is 2.61. The molecule has 0 spiro atoms. The molecule has 0 aliphatic carbocycles. The van der Waals surface area contributed by atoms with Crippen molar-refractivity contribution in [2.75, 3.05) is 24.6 Å². The minimum atomic E-state index is -4.35. The molecule has 0 radical (unpaired) electrons. The van der Waals surface area contributed by atoms with Crippen molar-refractivity contribution in [1.82, 2.24) is 0 Å². The van der Waals surface area contributed by atoms with E-state index < -0.39 is 17.4 Å². The second-order valence-corrected chi connectivity index (χ2v) is 17.8. The highest BCUT2D eigenvalue weighted by molar-refractivity contribution is 7.85. The summed E-state index contributed by atoms with van der Waals surface area (Å²) in [5.74, 6) is 0. The maximum absolute atomic E-state index is 11.2. The predicted octanol–water partition coefficient (Wildman–Crippen LogP) is 11.6. The Morgan fingerprint density at radius 2 is 0.875 bits per heavy atom. The van der Waals surface area contributed by atoms with E-state index in [2.05, 4.69) is 34.6 Å². The van der Waals surface area contributed by atoms with Gasteiger partial charge >= 0.3 is 0 Å². The van der Waals surface area contributed by atoms with Crippen molar-refractivity contribution in [3.05, 3.63) is 29.8 Å². The molecule has 5 heteroatoms. The minimum absolute atomic E-state index is 0.0490. The van der Waals surface area contributed by atoms with Gasteiger partial charge in [0.1, 0.15) is 10.1 Å². The number of hydrogen-bond acceptors (Lipinski definition) is 3. The van der Waals surface area contributed by atoms with Gasteiger partial charge in [-0.1, -0.05) is 143 Å². The van der Waals surface area contributed by atoms with Gasteiger partial charge in [0.25, 0.3) is 0 Å². The third kappa shape index (κ3) is 20.4. The maximum Gasteiger partial charge on any atom is 0.124 e. The second kappa shape index (κ2) is 26.2. The van der Waals surface area contributed by atoms with Gasteiger partial charge in [0.2, 0.25) is 0 Å². The van der Waals surface area contributed by atoms with Crippen LogP contribution in [0.3, 0.4) is 0 Å². The summed E-state index contributed by atoms with van der Waals surface area (Å²) in [6, 6.07) is 6.56. The fourth-order valence-corrected chi connectivity index (χ4v) is 11.6. The first-order chi connectivity index (χ1) is 19.3. The molecule has 0 saturated carbocycles. The van der Waals surface area contributed by atoms with Crippen molar-refractivity contribution < 1.29 is 13.0 Å². The van der Waals surface area contributed by atoms with E-state index in [0.29, 0.717) is 12.0 Å². The van der Waals surface area contributed by atoms with Gasteiger partial charge in [-0.05, 0) is 50.2 Å². The lowest BCUT2D eigenvalue weighted by atomic mass is 10.0. The molecule has 0 N–H and O–H groups in total. The predicted molar refractivity (Wildman–Crippen MR) is 181 cm³/mol. The Bertz CT molecular complexity index is 756. The van der Waals surface area contributed by atoms with Crippen molar-refractivity contribution in [2.45, 2.75) is 168 Å². The minimum Gasteiger partial charge on any atom is -0.744 e. The summed E-state index contributed by atoms with van der Waals surface area (Å²) in [6.45, 7) is 11.7. The molecule has 40 heavy (non-hydrogen) atoms. The van der Waals surface area contributed by atoms with Crippen LogP contribution in [0.5, 0.6) is 0 Å². The van der Waals surface area contributed by atoms with E-state index in [9.17, 15) is 13.0 Å². The summed E-state index contributed by atoms with van der Waals surface area (Å²) in [4.78, 5) is -0.0490. The monoisotopic (exact) mass is 598 g/mol. The van der Waals surface area contributed by atoms with Gasteiger partial charge in [0.15, 0.2) is 0 Å². The van der Waals surface area contributed by atoms with E-state index in [1.54, 1.807) is 42.8 Å². The fourth-order valence-electron chi connectivity index (χ4n) is 5.58.